The molecule has 0 radical (unpaired) electrons. The minimum atomic E-state index is -0.232. The molecule has 0 aliphatic carbocycles. The highest BCUT2D eigenvalue weighted by Gasteiger charge is 2.38. The molecule has 1 aliphatic rings. The number of piperidine rings is 1. The summed E-state index contributed by atoms with van der Waals surface area (Å²) in [5, 5.41) is 0. The molecule has 2 nitrogen and oxygen atoms in total. The summed E-state index contributed by atoms with van der Waals surface area (Å²) < 4.78 is 0. The summed E-state index contributed by atoms with van der Waals surface area (Å²) in [6.45, 7) is 14.9. The Bertz CT molecular complexity index is 267. The predicted octanol–water partition coefficient (Wildman–Crippen LogP) is 3.71. The van der Waals surface area contributed by atoms with Crippen molar-refractivity contribution in [2.75, 3.05) is 13.1 Å². The van der Waals surface area contributed by atoms with E-state index in [-0.39, 0.29) is 5.41 Å². The van der Waals surface area contributed by atoms with Gasteiger partial charge in [0.25, 0.3) is 0 Å². The van der Waals surface area contributed by atoms with E-state index in [1.807, 2.05) is 20.8 Å². The maximum atomic E-state index is 12.2. The summed E-state index contributed by atoms with van der Waals surface area (Å²) in [4.78, 5) is 14.3. The highest BCUT2D eigenvalue weighted by molar-refractivity contribution is 5.81. The smallest absolute Gasteiger partial charge is 0.227 e. The van der Waals surface area contributed by atoms with E-state index in [1.54, 1.807) is 0 Å². The first-order valence-corrected chi connectivity index (χ1v) is 7.02. The van der Waals surface area contributed by atoms with Crippen LogP contribution in [0.2, 0.25) is 0 Å². The Labute approximate surface area is 107 Å². The molecular weight excluding hydrogens is 210 g/mol. The van der Waals surface area contributed by atoms with Gasteiger partial charge in [-0.25, -0.2) is 0 Å². The summed E-state index contributed by atoms with van der Waals surface area (Å²) in [7, 11) is 0. The number of nitrogens with zero attached hydrogens (tertiary/aromatic N) is 1. The van der Waals surface area contributed by atoms with Crippen molar-refractivity contribution in [3.05, 3.63) is 0 Å². The average molecular weight is 239 g/mol. The van der Waals surface area contributed by atoms with E-state index in [0.717, 1.165) is 19.0 Å². The summed E-state index contributed by atoms with van der Waals surface area (Å²) in [5.41, 5.74) is 0.235. The van der Waals surface area contributed by atoms with Gasteiger partial charge in [-0.3, -0.25) is 4.79 Å². The maximum absolute atomic E-state index is 12.2. The molecule has 0 bridgehead atoms. The normalized spacial score (nSPS) is 20.8. The number of hydrogen-bond donors (Lipinski definition) is 0. The molecule has 1 aliphatic heterocycles. The molecule has 1 saturated heterocycles. The van der Waals surface area contributed by atoms with Crippen LogP contribution in [0.4, 0.5) is 0 Å². The van der Waals surface area contributed by atoms with Crippen molar-refractivity contribution in [3.8, 4) is 0 Å². The molecule has 1 rings (SSSR count). The minimum Gasteiger partial charge on any atom is -0.342 e. The zero-order valence-corrected chi connectivity index (χ0v) is 12.5. The average Bonchev–Trinajstić information content (AvgIpc) is 2.26. The molecule has 1 fully saturated rings. The lowest BCUT2D eigenvalue weighted by molar-refractivity contribution is -0.142. The summed E-state index contributed by atoms with van der Waals surface area (Å²) in [6, 6.07) is 0. The Morgan fingerprint density at radius 2 is 1.71 bits per heavy atom. The van der Waals surface area contributed by atoms with Gasteiger partial charge >= 0.3 is 0 Å². The molecule has 0 N–H and O–H groups in total. The highest BCUT2D eigenvalue weighted by Crippen LogP contribution is 2.42. The van der Waals surface area contributed by atoms with Crippen molar-refractivity contribution in [3.63, 3.8) is 0 Å². The third kappa shape index (κ3) is 3.02. The lowest BCUT2D eigenvalue weighted by Crippen LogP contribution is -2.48. The number of carbonyl (C=O) groups excluding carboxylic acids is 1. The van der Waals surface area contributed by atoms with Gasteiger partial charge in [-0.05, 0) is 24.2 Å². The lowest BCUT2D eigenvalue weighted by Gasteiger charge is -2.45. The molecule has 0 unspecified atom stereocenters. The van der Waals surface area contributed by atoms with Crippen LogP contribution >= 0.6 is 0 Å². The second-order valence-corrected chi connectivity index (χ2v) is 6.91. The Hall–Kier alpha value is -0.530. The van der Waals surface area contributed by atoms with Crippen LogP contribution in [-0.2, 0) is 4.79 Å². The van der Waals surface area contributed by atoms with E-state index in [1.165, 1.54) is 19.3 Å². The molecule has 0 aromatic rings. The van der Waals surface area contributed by atoms with Crippen LogP contribution in [0.1, 0.15) is 60.8 Å². The Morgan fingerprint density at radius 1 is 1.24 bits per heavy atom. The SMILES string of the molecule is CCC1(C(C)C)CCN(C(=O)C(C)(C)C)CC1. The fraction of sp³-hybridized carbons (Fsp3) is 0.933. The number of amides is 1. The third-order valence-corrected chi connectivity index (χ3v) is 4.62. The number of rotatable bonds is 2. The van der Waals surface area contributed by atoms with Crippen molar-refractivity contribution < 1.29 is 4.79 Å². The fourth-order valence-electron chi connectivity index (χ4n) is 2.97. The van der Waals surface area contributed by atoms with Gasteiger partial charge in [-0.15, -0.1) is 0 Å². The van der Waals surface area contributed by atoms with Gasteiger partial charge in [0.1, 0.15) is 0 Å². The van der Waals surface area contributed by atoms with E-state index >= 15 is 0 Å². The van der Waals surface area contributed by atoms with Crippen molar-refractivity contribution >= 4 is 5.91 Å². The van der Waals surface area contributed by atoms with Gasteiger partial charge < -0.3 is 4.90 Å². The van der Waals surface area contributed by atoms with E-state index < -0.39 is 0 Å². The number of carbonyl (C=O) groups is 1. The van der Waals surface area contributed by atoms with Crippen molar-refractivity contribution in [2.24, 2.45) is 16.7 Å². The second kappa shape index (κ2) is 4.99. The Morgan fingerprint density at radius 3 is 2.00 bits per heavy atom. The molecule has 0 saturated carbocycles. The van der Waals surface area contributed by atoms with Crippen molar-refractivity contribution in [2.45, 2.75) is 60.8 Å². The highest BCUT2D eigenvalue weighted by atomic mass is 16.2. The Balaban J connectivity index is 2.65. The Kier molecular flexibility index (Phi) is 4.27. The van der Waals surface area contributed by atoms with Crippen LogP contribution in [0.5, 0.6) is 0 Å². The van der Waals surface area contributed by atoms with Crippen molar-refractivity contribution in [1.29, 1.82) is 0 Å². The first kappa shape index (κ1) is 14.5. The van der Waals surface area contributed by atoms with E-state index in [4.69, 9.17) is 0 Å². The molecule has 1 amide bonds. The molecule has 2 heteroatoms. The fourth-order valence-corrected chi connectivity index (χ4v) is 2.97. The first-order chi connectivity index (χ1) is 7.73. The predicted molar refractivity (Wildman–Crippen MR) is 72.8 cm³/mol. The van der Waals surface area contributed by atoms with Gasteiger partial charge in [0, 0.05) is 18.5 Å². The lowest BCUT2D eigenvalue weighted by atomic mass is 9.68. The van der Waals surface area contributed by atoms with E-state index in [2.05, 4.69) is 25.7 Å². The molecule has 0 spiro atoms. The van der Waals surface area contributed by atoms with Gasteiger partial charge in [0.2, 0.25) is 5.91 Å². The zero-order valence-electron chi connectivity index (χ0n) is 12.5. The molecule has 17 heavy (non-hydrogen) atoms. The van der Waals surface area contributed by atoms with Gasteiger partial charge in [-0.1, -0.05) is 48.0 Å². The molecular formula is C15H29NO. The van der Waals surface area contributed by atoms with Gasteiger partial charge in [0.15, 0.2) is 0 Å². The largest absolute Gasteiger partial charge is 0.342 e. The number of hydrogen-bond acceptors (Lipinski definition) is 1. The maximum Gasteiger partial charge on any atom is 0.227 e. The van der Waals surface area contributed by atoms with Gasteiger partial charge in [-0.2, -0.15) is 0 Å². The molecule has 0 aromatic heterocycles. The van der Waals surface area contributed by atoms with Crippen molar-refractivity contribution in [1.82, 2.24) is 4.90 Å². The topological polar surface area (TPSA) is 20.3 Å². The van der Waals surface area contributed by atoms with Crippen LogP contribution in [0.15, 0.2) is 0 Å². The van der Waals surface area contributed by atoms with Crippen LogP contribution < -0.4 is 0 Å². The molecule has 100 valence electrons. The first-order valence-electron chi connectivity index (χ1n) is 7.02. The quantitative estimate of drug-likeness (QED) is 0.719. The van der Waals surface area contributed by atoms with Crippen LogP contribution in [0.3, 0.4) is 0 Å². The standard InChI is InChI=1S/C15H29NO/c1-7-15(12(2)3)8-10-16(11-9-15)13(17)14(4,5)6/h12H,7-11H2,1-6H3. The second-order valence-electron chi connectivity index (χ2n) is 6.91. The monoisotopic (exact) mass is 239 g/mol. The third-order valence-electron chi connectivity index (χ3n) is 4.62. The summed E-state index contributed by atoms with van der Waals surface area (Å²) >= 11 is 0. The van der Waals surface area contributed by atoms with Crippen LogP contribution in [-0.4, -0.2) is 23.9 Å². The van der Waals surface area contributed by atoms with E-state index in [0.29, 0.717) is 11.3 Å². The minimum absolute atomic E-state index is 0.232. The number of likely N-dealkylation sites (tertiary alicyclic amines) is 1. The summed E-state index contributed by atoms with van der Waals surface area (Å²) in [6.07, 6.45) is 3.58. The zero-order chi connectivity index (χ0) is 13.3. The van der Waals surface area contributed by atoms with Crippen LogP contribution in [0.25, 0.3) is 0 Å². The van der Waals surface area contributed by atoms with E-state index in [9.17, 15) is 4.79 Å². The molecule has 1 heterocycles. The molecule has 0 atom stereocenters. The molecule has 0 aromatic carbocycles. The van der Waals surface area contributed by atoms with Gasteiger partial charge in [0.05, 0.1) is 0 Å². The summed E-state index contributed by atoms with van der Waals surface area (Å²) in [5.74, 6) is 1.03. The van der Waals surface area contributed by atoms with Crippen LogP contribution in [0, 0.1) is 16.7 Å².